The van der Waals surface area contributed by atoms with Gasteiger partial charge >= 0.3 is 11.8 Å². The smallest absolute Gasteiger partial charge is 0.313 e. The van der Waals surface area contributed by atoms with E-state index in [4.69, 9.17) is 11.6 Å². The fourth-order valence-electron chi connectivity index (χ4n) is 2.33. The van der Waals surface area contributed by atoms with Crippen molar-refractivity contribution in [2.24, 2.45) is 5.92 Å². The third-order valence-corrected chi connectivity index (χ3v) is 5.00. The van der Waals surface area contributed by atoms with Gasteiger partial charge in [0.1, 0.15) is 0 Å². The lowest BCUT2D eigenvalue weighted by Gasteiger charge is -2.21. The van der Waals surface area contributed by atoms with Crippen LogP contribution < -0.4 is 16.0 Å². The van der Waals surface area contributed by atoms with Crippen LogP contribution in [0.4, 0.5) is 5.69 Å². The Bertz CT molecular complexity index is 806. The molecule has 2 rings (SSSR count). The third kappa shape index (κ3) is 4.83. The Morgan fingerprint density at radius 2 is 1.85 bits per heavy atom. The predicted octanol–water partition coefficient (Wildman–Crippen LogP) is 3.21. The standard InChI is InChI=1S/C18H20ClN3O3S/c1-10(2)15(14-5-4-8-26-14)22-18(25)17(24)21-13-9-11(16(23)20-3)6-7-12(13)19/h4-10,15H,1-3H3,(H,20,23)(H,21,24)(H,22,25)/t15-/m1/s1. The molecule has 1 heterocycles. The second kappa shape index (κ2) is 8.82. The first kappa shape index (κ1) is 19.9. The van der Waals surface area contributed by atoms with Crippen LogP contribution in [0.1, 0.15) is 35.1 Å². The quantitative estimate of drug-likeness (QED) is 0.681. The zero-order valence-electron chi connectivity index (χ0n) is 14.6. The van der Waals surface area contributed by atoms with Crippen LogP contribution in [-0.4, -0.2) is 24.8 Å². The topological polar surface area (TPSA) is 87.3 Å². The van der Waals surface area contributed by atoms with Crippen molar-refractivity contribution in [2.75, 3.05) is 12.4 Å². The Kier molecular flexibility index (Phi) is 6.76. The van der Waals surface area contributed by atoms with Crippen LogP contribution in [0.2, 0.25) is 5.02 Å². The van der Waals surface area contributed by atoms with E-state index in [1.165, 1.54) is 36.6 Å². The zero-order chi connectivity index (χ0) is 19.3. The molecule has 0 saturated heterocycles. The molecule has 6 nitrogen and oxygen atoms in total. The van der Waals surface area contributed by atoms with Crippen molar-refractivity contribution in [1.29, 1.82) is 0 Å². The van der Waals surface area contributed by atoms with Gasteiger partial charge in [0.05, 0.1) is 16.8 Å². The molecule has 1 atom stereocenters. The molecule has 3 N–H and O–H groups in total. The molecule has 0 aliphatic rings. The Balaban J connectivity index is 2.11. The Labute approximate surface area is 160 Å². The molecule has 26 heavy (non-hydrogen) atoms. The minimum atomic E-state index is -0.844. The average molecular weight is 394 g/mol. The second-order valence-electron chi connectivity index (χ2n) is 5.94. The molecule has 0 bridgehead atoms. The van der Waals surface area contributed by atoms with E-state index in [1.54, 1.807) is 0 Å². The molecule has 8 heteroatoms. The van der Waals surface area contributed by atoms with Gasteiger partial charge in [0.2, 0.25) is 0 Å². The summed E-state index contributed by atoms with van der Waals surface area (Å²) in [7, 11) is 1.50. The summed E-state index contributed by atoms with van der Waals surface area (Å²) >= 11 is 7.57. The van der Waals surface area contributed by atoms with Crippen LogP contribution >= 0.6 is 22.9 Å². The van der Waals surface area contributed by atoms with Crippen molar-refractivity contribution in [2.45, 2.75) is 19.9 Å². The van der Waals surface area contributed by atoms with Crippen LogP contribution in [0, 0.1) is 5.92 Å². The molecule has 0 saturated carbocycles. The van der Waals surface area contributed by atoms with Crippen LogP contribution in [-0.2, 0) is 9.59 Å². The lowest BCUT2D eigenvalue weighted by atomic mass is 10.0. The van der Waals surface area contributed by atoms with E-state index in [0.29, 0.717) is 5.56 Å². The van der Waals surface area contributed by atoms with Crippen molar-refractivity contribution in [3.63, 3.8) is 0 Å². The summed E-state index contributed by atoms with van der Waals surface area (Å²) in [5, 5.41) is 9.84. The highest BCUT2D eigenvalue weighted by Crippen LogP contribution is 2.26. The van der Waals surface area contributed by atoms with Crippen LogP contribution in [0.5, 0.6) is 0 Å². The number of amides is 3. The van der Waals surface area contributed by atoms with Gasteiger partial charge in [0.15, 0.2) is 0 Å². The molecule has 0 aliphatic heterocycles. The van der Waals surface area contributed by atoms with E-state index >= 15 is 0 Å². The summed E-state index contributed by atoms with van der Waals surface area (Å²) in [5.74, 6) is -1.81. The predicted molar refractivity (Wildman–Crippen MR) is 104 cm³/mol. The van der Waals surface area contributed by atoms with E-state index in [0.717, 1.165) is 4.88 Å². The van der Waals surface area contributed by atoms with E-state index in [-0.39, 0.29) is 28.6 Å². The van der Waals surface area contributed by atoms with Gasteiger partial charge in [-0.05, 0) is 35.6 Å². The highest BCUT2D eigenvalue weighted by atomic mass is 35.5. The highest BCUT2D eigenvalue weighted by Gasteiger charge is 2.23. The van der Waals surface area contributed by atoms with Crippen LogP contribution in [0.3, 0.4) is 0 Å². The molecule has 2 aromatic rings. The fourth-order valence-corrected chi connectivity index (χ4v) is 3.44. The maximum atomic E-state index is 12.3. The first-order valence-corrected chi connectivity index (χ1v) is 9.26. The van der Waals surface area contributed by atoms with Crippen LogP contribution in [0.25, 0.3) is 0 Å². The average Bonchev–Trinajstić information content (AvgIpc) is 3.14. The van der Waals surface area contributed by atoms with Gasteiger partial charge in [-0.2, -0.15) is 0 Å². The fraction of sp³-hybridized carbons (Fsp3) is 0.278. The van der Waals surface area contributed by atoms with Crippen molar-refractivity contribution >= 4 is 46.3 Å². The lowest BCUT2D eigenvalue weighted by Crippen LogP contribution is -2.39. The molecule has 0 fully saturated rings. The van der Waals surface area contributed by atoms with E-state index in [2.05, 4.69) is 16.0 Å². The van der Waals surface area contributed by atoms with Gasteiger partial charge < -0.3 is 16.0 Å². The van der Waals surface area contributed by atoms with Gasteiger partial charge in [0.25, 0.3) is 5.91 Å². The van der Waals surface area contributed by atoms with Crippen molar-refractivity contribution in [1.82, 2.24) is 10.6 Å². The number of thiophene rings is 1. The number of benzene rings is 1. The number of anilines is 1. The van der Waals surface area contributed by atoms with Gasteiger partial charge in [-0.15, -0.1) is 11.3 Å². The highest BCUT2D eigenvalue weighted by molar-refractivity contribution is 7.10. The molecule has 0 spiro atoms. The molecule has 138 valence electrons. The van der Waals surface area contributed by atoms with Crippen molar-refractivity contribution < 1.29 is 14.4 Å². The van der Waals surface area contributed by atoms with Gasteiger partial charge in [-0.25, -0.2) is 0 Å². The van der Waals surface area contributed by atoms with E-state index in [9.17, 15) is 14.4 Å². The summed E-state index contributed by atoms with van der Waals surface area (Å²) in [6, 6.07) is 7.99. The molecular formula is C18H20ClN3O3S. The first-order valence-electron chi connectivity index (χ1n) is 8.00. The molecular weight excluding hydrogens is 374 g/mol. The summed E-state index contributed by atoms with van der Waals surface area (Å²) in [6.07, 6.45) is 0. The molecule has 0 unspecified atom stereocenters. The zero-order valence-corrected chi connectivity index (χ0v) is 16.2. The van der Waals surface area contributed by atoms with Gasteiger partial charge in [0, 0.05) is 17.5 Å². The third-order valence-electron chi connectivity index (χ3n) is 3.71. The molecule has 0 radical (unpaired) electrons. The monoisotopic (exact) mass is 393 g/mol. The largest absolute Gasteiger partial charge is 0.355 e. The van der Waals surface area contributed by atoms with Gasteiger partial charge in [-0.3, -0.25) is 14.4 Å². The number of carbonyl (C=O) groups is 3. The Morgan fingerprint density at radius 1 is 1.12 bits per heavy atom. The minimum Gasteiger partial charge on any atom is -0.355 e. The van der Waals surface area contributed by atoms with E-state index in [1.807, 2.05) is 31.4 Å². The maximum absolute atomic E-state index is 12.3. The Hall–Kier alpha value is -2.38. The normalized spacial score (nSPS) is 11.7. The van der Waals surface area contributed by atoms with E-state index < -0.39 is 11.8 Å². The summed E-state index contributed by atoms with van der Waals surface area (Å²) in [6.45, 7) is 3.93. The summed E-state index contributed by atoms with van der Waals surface area (Å²) in [5.41, 5.74) is 0.524. The number of nitrogens with one attached hydrogen (secondary N) is 3. The van der Waals surface area contributed by atoms with Crippen molar-refractivity contribution in [3.8, 4) is 0 Å². The number of hydrogen-bond donors (Lipinski definition) is 3. The van der Waals surface area contributed by atoms with Crippen LogP contribution in [0.15, 0.2) is 35.7 Å². The number of halogens is 1. The molecule has 3 amide bonds. The van der Waals surface area contributed by atoms with Gasteiger partial charge in [-0.1, -0.05) is 31.5 Å². The molecule has 1 aromatic heterocycles. The summed E-state index contributed by atoms with van der Waals surface area (Å²) in [4.78, 5) is 37.2. The molecule has 1 aromatic carbocycles. The molecule has 0 aliphatic carbocycles. The number of carbonyl (C=O) groups excluding carboxylic acids is 3. The maximum Gasteiger partial charge on any atom is 0.313 e. The first-order chi connectivity index (χ1) is 12.3. The van der Waals surface area contributed by atoms with Crippen molar-refractivity contribution in [3.05, 3.63) is 51.2 Å². The number of hydrogen-bond acceptors (Lipinski definition) is 4. The lowest BCUT2D eigenvalue weighted by molar-refractivity contribution is -0.136. The minimum absolute atomic E-state index is 0.116. The number of rotatable bonds is 5. The SMILES string of the molecule is CNC(=O)c1ccc(Cl)c(NC(=O)C(=O)N[C@@H](c2cccs2)C(C)C)c1. The second-order valence-corrected chi connectivity index (χ2v) is 7.32. The summed E-state index contributed by atoms with van der Waals surface area (Å²) < 4.78 is 0. The Morgan fingerprint density at radius 3 is 2.42 bits per heavy atom.